The summed E-state index contributed by atoms with van der Waals surface area (Å²) >= 11 is 1.59. The zero-order valence-electron chi connectivity index (χ0n) is 19.0. The number of nitrogens with one attached hydrogen (secondary N) is 1. The summed E-state index contributed by atoms with van der Waals surface area (Å²) in [4.78, 5) is 23.0. The van der Waals surface area contributed by atoms with E-state index in [2.05, 4.69) is 37.1 Å². The van der Waals surface area contributed by atoms with Crippen LogP contribution in [0.5, 0.6) is 0 Å². The number of piperazine rings is 1. The molecule has 8 nitrogen and oxygen atoms in total. The maximum atomic E-state index is 10.3. The van der Waals surface area contributed by atoms with Gasteiger partial charge in [-0.1, -0.05) is 18.2 Å². The van der Waals surface area contributed by atoms with Crippen molar-refractivity contribution in [3.8, 4) is 10.6 Å². The molecule has 3 aromatic heterocycles. The van der Waals surface area contributed by atoms with E-state index in [9.17, 15) is 5.11 Å². The molecular formula is C24H27N7OS. The van der Waals surface area contributed by atoms with Crippen molar-refractivity contribution in [2.75, 3.05) is 43.4 Å². The SMILES string of the molecule is CN1CCN(c2nccc(Nc3cc4nc(-c5cccc(C(C)(C)O)c5)sc4cn3)n2)CC1. The molecule has 0 saturated carbocycles. The molecule has 0 atom stereocenters. The van der Waals surface area contributed by atoms with Crippen LogP contribution in [0.2, 0.25) is 0 Å². The number of rotatable bonds is 5. The molecule has 4 aromatic rings. The summed E-state index contributed by atoms with van der Waals surface area (Å²) < 4.78 is 1.00. The lowest BCUT2D eigenvalue weighted by atomic mass is 9.97. The topological polar surface area (TPSA) is 90.3 Å². The number of nitrogens with zero attached hydrogens (tertiary/aromatic N) is 6. The number of aromatic nitrogens is 4. The van der Waals surface area contributed by atoms with Gasteiger partial charge in [0, 0.05) is 50.2 Å². The lowest BCUT2D eigenvalue weighted by Gasteiger charge is -2.32. The van der Waals surface area contributed by atoms with E-state index in [0.29, 0.717) is 11.6 Å². The summed E-state index contributed by atoms with van der Waals surface area (Å²) in [5.41, 5.74) is 1.82. The van der Waals surface area contributed by atoms with Gasteiger partial charge in [-0.15, -0.1) is 11.3 Å². The Balaban J connectivity index is 1.37. The number of fused-ring (bicyclic) bond motifs is 1. The summed E-state index contributed by atoms with van der Waals surface area (Å²) in [6, 6.07) is 11.7. The van der Waals surface area contributed by atoms with Crippen LogP contribution in [-0.2, 0) is 5.60 Å². The lowest BCUT2D eigenvalue weighted by Crippen LogP contribution is -2.45. The largest absolute Gasteiger partial charge is 0.386 e. The fourth-order valence-corrected chi connectivity index (χ4v) is 4.68. The summed E-state index contributed by atoms with van der Waals surface area (Å²) in [6.45, 7) is 7.41. The van der Waals surface area contributed by atoms with Gasteiger partial charge in [0.1, 0.15) is 16.6 Å². The molecule has 1 aliphatic heterocycles. The predicted molar refractivity (Wildman–Crippen MR) is 133 cm³/mol. The third-order valence-electron chi connectivity index (χ3n) is 5.78. The van der Waals surface area contributed by atoms with Gasteiger partial charge in [-0.3, -0.25) is 0 Å². The van der Waals surface area contributed by atoms with Crippen LogP contribution >= 0.6 is 11.3 Å². The third-order valence-corrected chi connectivity index (χ3v) is 6.83. The van der Waals surface area contributed by atoms with Gasteiger partial charge in [-0.25, -0.2) is 15.0 Å². The molecule has 1 fully saturated rings. The molecule has 0 amide bonds. The molecule has 0 radical (unpaired) electrons. The average Bonchev–Trinajstić information content (AvgIpc) is 3.23. The molecule has 0 bridgehead atoms. The molecule has 0 unspecified atom stereocenters. The van der Waals surface area contributed by atoms with Gasteiger partial charge in [0.05, 0.1) is 15.8 Å². The molecule has 4 heterocycles. The van der Waals surface area contributed by atoms with Crippen molar-refractivity contribution < 1.29 is 5.11 Å². The van der Waals surface area contributed by atoms with E-state index in [0.717, 1.165) is 58.5 Å². The van der Waals surface area contributed by atoms with Gasteiger partial charge in [-0.2, -0.15) is 4.98 Å². The van der Waals surface area contributed by atoms with Crippen molar-refractivity contribution in [1.29, 1.82) is 0 Å². The molecule has 5 rings (SSSR count). The van der Waals surface area contributed by atoms with E-state index < -0.39 is 5.60 Å². The summed E-state index contributed by atoms with van der Waals surface area (Å²) in [6.07, 6.45) is 3.61. The first-order valence-electron chi connectivity index (χ1n) is 11.0. The van der Waals surface area contributed by atoms with Gasteiger partial charge in [0.2, 0.25) is 5.95 Å². The molecule has 170 valence electrons. The fourth-order valence-electron chi connectivity index (χ4n) is 3.77. The normalized spacial score (nSPS) is 15.2. The van der Waals surface area contributed by atoms with E-state index in [-0.39, 0.29) is 0 Å². The zero-order valence-corrected chi connectivity index (χ0v) is 19.8. The van der Waals surface area contributed by atoms with Crippen LogP contribution in [0.25, 0.3) is 20.8 Å². The maximum Gasteiger partial charge on any atom is 0.227 e. The highest BCUT2D eigenvalue weighted by atomic mass is 32.1. The molecule has 1 aromatic carbocycles. The summed E-state index contributed by atoms with van der Waals surface area (Å²) in [7, 11) is 2.13. The van der Waals surface area contributed by atoms with Gasteiger partial charge in [0.15, 0.2) is 0 Å². The highest BCUT2D eigenvalue weighted by molar-refractivity contribution is 7.21. The Bertz CT molecular complexity index is 1280. The van der Waals surface area contributed by atoms with E-state index in [4.69, 9.17) is 4.98 Å². The average molecular weight is 462 g/mol. The van der Waals surface area contributed by atoms with Crippen LogP contribution < -0.4 is 10.2 Å². The van der Waals surface area contributed by atoms with Crippen LogP contribution in [0.4, 0.5) is 17.6 Å². The van der Waals surface area contributed by atoms with Crippen LogP contribution in [0, 0.1) is 0 Å². The fraction of sp³-hybridized carbons (Fsp3) is 0.333. The van der Waals surface area contributed by atoms with Crippen molar-refractivity contribution in [3.63, 3.8) is 0 Å². The number of pyridine rings is 1. The van der Waals surface area contributed by atoms with Gasteiger partial charge >= 0.3 is 0 Å². The van der Waals surface area contributed by atoms with Crippen LogP contribution in [-0.4, -0.2) is 63.2 Å². The van der Waals surface area contributed by atoms with Gasteiger partial charge < -0.3 is 20.2 Å². The molecular weight excluding hydrogens is 434 g/mol. The molecule has 0 aliphatic carbocycles. The van der Waals surface area contributed by atoms with Crippen molar-refractivity contribution in [1.82, 2.24) is 24.8 Å². The van der Waals surface area contributed by atoms with Gasteiger partial charge in [-0.05, 0) is 38.6 Å². The Morgan fingerprint density at radius 1 is 1.00 bits per heavy atom. The summed E-state index contributed by atoms with van der Waals surface area (Å²) in [5, 5.41) is 14.5. The van der Waals surface area contributed by atoms with E-state index >= 15 is 0 Å². The maximum absolute atomic E-state index is 10.3. The lowest BCUT2D eigenvalue weighted by molar-refractivity contribution is 0.0786. The minimum Gasteiger partial charge on any atom is -0.386 e. The Morgan fingerprint density at radius 3 is 2.61 bits per heavy atom. The summed E-state index contributed by atoms with van der Waals surface area (Å²) in [5.74, 6) is 2.13. The third kappa shape index (κ3) is 4.80. The molecule has 9 heteroatoms. The second kappa shape index (κ2) is 8.66. The minimum atomic E-state index is -0.897. The Labute approximate surface area is 197 Å². The Kier molecular flexibility index (Phi) is 5.69. The molecule has 1 aliphatic rings. The minimum absolute atomic E-state index is 0.688. The second-order valence-corrected chi connectivity index (χ2v) is 9.88. The Morgan fingerprint density at radius 2 is 1.82 bits per heavy atom. The molecule has 33 heavy (non-hydrogen) atoms. The van der Waals surface area contributed by atoms with E-state index in [1.807, 2.05) is 42.6 Å². The number of benzene rings is 1. The Hall–Kier alpha value is -3.14. The number of likely N-dealkylation sites (N-methyl/N-ethyl adjacent to an activating group) is 1. The number of hydrogen-bond acceptors (Lipinski definition) is 9. The van der Waals surface area contributed by atoms with E-state index in [1.165, 1.54) is 0 Å². The first-order valence-corrected chi connectivity index (χ1v) is 11.8. The van der Waals surface area contributed by atoms with E-state index in [1.54, 1.807) is 31.4 Å². The van der Waals surface area contributed by atoms with Crippen LogP contribution in [0.15, 0.2) is 48.8 Å². The number of hydrogen-bond donors (Lipinski definition) is 2. The van der Waals surface area contributed by atoms with Gasteiger partial charge in [0.25, 0.3) is 0 Å². The van der Waals surface area contributed by atoms with Crippen LogP contribution in [0.3, 0.4) is 0 Å². The quantitative estimate of drug-likeness (QED) is 0.463. The van der Waals surface area contributed by atoms with Crippen LogP contribution in [0.1, 0.15) is 19.4 Å². The smallest absolute Gasteiger partial charge is 0.227 e. The molecule has 1 saturated heterocycles. The standard InChI is InChI=1S/C24H27N7OS/c1-24(2,32)17-6-4-5-16(13-17)22-27-18-14-21(26-15-19(18)33-22)28-20-7-8-25-23(29-20)31-11-9-30(3)10-12-31/h4-8,13-15,32H,9-12H2,1-3H3,(H,25,26,28,29). The first kappa shape index (κ1) is 21.7. The monoisotopic (exact) mass is 461 g/mol. The molecule has 0 spiro atoms. The molecule has 2 N–H and O–H groups in total. The number of thiazole rings is 1. The highest BCUT2D eigenvalue weighted by Crippen LogP contribution is 2.33. The first-order chi connectivity index (χ1) is 15.8. The second-order valence-electron chi connectivity index (χ2n) is 8.85. The van der Waals surface area contributed by atoms with Crippen molar-refractivity contribution >= 4 is 39.1 Å². The van der Waals surface area contributed by atoms with Crippen molar-refractivity contribution in [2.45, 2.75) is 19.4 Å². The highest BCUT2D eigenvalue weighted by Gasteiger charge is 2.18. The predicted octanol–water partition coefficient (Wildman–Crippen LogP) is 3.87. The number of aliphatic hydroxyl groups is 1. The van der Waals surface area contributed by atoms with Crippen molar-refractivity contribution in [3.05, 3.63) is 54.4 Å². The number of anilines is 3. The zero-order chi connectivity index (χ0) is 23.0. The van der Waals surface area contributed by atoms with Crippen molar-refractivity contribution in [2.24, 2.45) is 0 Å².